The minimum Gasteiger partial charge on any atom is -0.477 e. The number of aryl methyl sites for hydroxylation is 1. The molecular weight excluding hydrogens is 286 g/mol. The van der Waals surface area contributed by atoms with E-state index in [4.69, 9.17) is 0 Å². The van der Waals surface area contributed by atoms with Crippen molar-refractivity contribution in [3.63, 3.8) is 0 Å². The van der Waals surface area contributed by atoms with E-state index >= 15 is 0 Å². The number of aromatic nitrogens is 1. The molecule has 5 heteroatoms. The summed E-state index contributed by atoms with van der Waals surface area (Å²) in [6.07, 6.45) is 1.42. The Morgan fingerprint density at radius 2 is 2.14 bits per heavy atom. The van der Waals surface area contributed by atoms with Gasteiger partial charge in [-0.1, -0.05) is 31.2 Å². The molecule has 0 aliphatic carbocycles. The molecule has 1 aliphatic rings. The molecule has 1 aromatic carbocycles. The molecule has 2 aromatic rings. The van der Waals surface area contributed by atoms with E-state index < -0.39 is 11.5 Å². The number of nitrogens with one attached hydrogen (secondary N) is 1. The Kier molecular flexibility index (Phi) is 3.59. The Morgan fingerprint density at radius 3 is 2.86 bits per heavy atom. The fourth-order valence-corrected chi connectivity index (χ4v) is 3.91. The van der Waals surface area contributed by atoms with E-state index in [9.17, 15) is 14.7 Å². The normalized spacial score (nSPS) is 13.2. The summed E-state index contributed by atoms with van der Waals surface area (Å²) in [6, 6.07) is 8.01. The quantitative estimate of drug-likeness (QED) is 0.894. The lowest BCUT2D eigenvalue weighted by Gasteiger charge is -2.15. The molecule has 0 fully saturated rings. The molecule has 21 heavy (non-hydrogen) atoms. The average molecular weight is 301 g/mol. The van der Waals surface area contributed by atoms with Crippen molar-refractivity contribution in [1.29, 1.82) is 0 Å². The third kappa shape index (κ3) is 2.27. The van der Waals surface area contributed by atoms with Crippen LogP contribution in [0.5, 0.6) is 0 Å². The summed E-state index contributed by atoms with van der Waals surface area (Å²) in [6.45, 7) is 1.89. The summed E-state index contributed by atoms with van der Waals surface area (Å²) >= 11 is 1.58. The number of carboxylic acids is 1. The highest BCUT2D eigenvalue weighted by Gasteiger charge is 2.25. The van der Waals surface area contributed by atoms with Gasteiger partial charge in [0.1, 0.15) is 5.56 Å². The molecule has 1 aliphatic heterocycles. The van der Waals surface area contributed by atoms with Gasteiger partial charge >= 0.3 is 5.97 Å². The van der Waals surface area contributed by atoms with Gasteiger partial charge in [-0.2, -0.15) is 0 Å². The Balaban J connectivity index is 2.42. The number of hydrogen-bond acceptors (Lipinski definition) is 3. The van der Waals surface area contributed by atoms with Crippen LogP contribution in [0.3, 0.4) is 0 Å². The average Bonchev–Trinajstić information content (AvgIpc) is 2.64. The molecule has 108 valence electrons. The van der Waals surface area contributed by atoms with Crippen molar-refractivity contribution in [3.05, 3.63) is 51.3 Å². The Labute approximate surface area is 126 Å². The van der Waals surface area contributed by atoms with Crippen molar-refractivity contribution in [2.45, 2.75) is 24.8 Å². The fraction of sp³-hybridized carbons (Fsp3) is 0.250. The Morgan fingerprint density at radius 1 is 1.38 bits per heavy atom. The van der Waals surface area contributed by atoms with Gasteiger partial charge in [0, 0.05) is 11.3 Å². The number of hydrogen-bond donors (Lipinski definition) is 2. The van der Waals surface area contributed by atoms with E-state index in [1.807, 2.05) is 25.1 Å². The van der Waals surface area contributed by atoms with Crippen LogP contribution in [0.25, 0.3) is 11.1 Å². The molecule has 0 saturated heterocycles. The predicted octanol–water partition coefficient (Wildman–Crippen LogP) is 2.95. The zero-order valence-corrected chi connectivity index (χ0v) is 12.4. The second kappa shape index (κ2) is 5.41. The Bertz CT molecular complexity index is 780. The van der Waals surface area contributed by atoms with E-state index in [-0.39, 0.29) is 5.56 Å². The number of aromatic amines is 1. The minimum atomic E-state index is -1.16. The van der Waals surface area contributed by atoms with Crippen molar-refractivity contribution in [2.75, 3.05) is 5.75 Å². The number of fused-ring (bicyclic) bond motifs is 3. The largest absolute Gasteiger partial charge is 0.477 e. The molecule has 3 rings (SSSR count). The highest BCUT2D eigenvalue weighted by Crippen LogP contribution is 2.39. The van der Waals surface area contributed by atoms with Crippen LogP contribution in [0.15, 0.2) is 34.1 Å². The van der Waals surface area contributed by atoms with E-state index in [1.54, 1.807) is 11.8 Å². The third-order valence-electron chi connectivity index (χ3n) is 3.76. The van der Waals surface area contributed by atoms with Crippen LogP contribution in [-0.2, 0) is 12.8 Å². The summed E-state index contributed by atoms with van der Waals surface area (Å²) in [5.74, 6) is -0.294. The maximum atomic E-state index is 12.1. The van der Waals surface area contributed by atoms with Gasteiger partial charge in [0.15, 0.2) is 0 Å². The Hall–Kier alpha value is -2.01. The molecule has 0 amide bonds. The summed E-state index contributed by atoms with van der Waals surface area (Å²) < 4.78 is 0. The van der Waals surface area contributed by atoms with Crippen molar-refractivity contribution >= 4 is 17.7 Å². The van der Waals surface area contributed by atoms with Crippen LogP contribution in [-0.4, -0.2) is 21.8 Å². The minimum absolute atomic E-state index is 0.131. The summed E-state index contributed by atoms with van der Waals surface area (Å²) in [5.41, 5.74) is 3.10. The molecule has 2 N–H and O–H groups in total. The monoisotopic (exact) mass is 301 g/mol. The first-order valence-electron chi connectivity index (χ1n) is 6.87. The molecule has 0 atom stereocenters. The second-order valence-corrected chi connectivity index (χ2v) is 6.03. The van der Waals surface area contributed by atoms with E-state index in [2.05, 4.69) is 11.1 Å². The smallest absolute Gasteiger partial charge is 0.341 e. The van der Waals surface area contributed by atoms with Gasteiger partial charge in [0.2, 0.25) is 0 Å². The van der Waals surface area contributed by atoms with Crippen LogP contribution in [0, 0.1) is 0 Å². The maximum absolute atomic E-state index is 12.1. The van der Waals surface area contributed by atoms with E-state index in [1.165, 1.54) is 5.56 Å². The van der Waals surface area contributed by atoms with Crippen LogP contribution in [0.2, 0.25) is 0 Å². The van der Waals surface area contributed by atoms with Gasteiger partial charge in [-0.15, -0.1) is 11.8 Å². The first-order valence-corrected chi connectivity index (χ1v) is 7.85. The third-order valence-corrected chi connectivity index (χ3v) is 4.76. The number of pyridine rings is 1. The number of thioether (sulfide) groups is 1. The molecule has 0 spiro atoms. The lowest BCUT2D eigenvalue weighted by molar-refractivity contribution is 0.0693. The topological polar surface area (TPSA) is 70.2 Å². The summed E-state index contributed by atoms with van der Waals surface area (Å²) in [7, 11) is 0. The van der Waals surface area contributed by atoms with Crippen molar-refractivity contribution in [3.8, 4) is 11.1 Å². The number of rotatable bonds is 2. The SMILES string of the molecule is CCc1c2c([nH]c(=O)c1C(=O)O)SCCc1ccccc1-2. The molecule has 0 bridgehead atoms. The molecule has 2 heterocycles. The van der Waals surface area contributed by atoms with Gasteiger partial charge in [0.25, 0.3) is 5.56 Å². The number of aromatic carboxylic acids is 1. The number of benzene rings is 1. The number of carbonyl (C=O) groups is 1. The second-order valence-electron chi connectivity index (χ2n) is 4.93. The zero-order valence-electron chi connectivity index (χ0n) is 11.6. The van der Waals surface area contributed by atoms with E-state index in [0.717, 1.165) is 28.3 Å². The summed E-state index contributed by atoms with van der Waals surface area (Å²) in [5, 5.41) is 10.2. The first kappa shape index (κ1) is 13.9. The van der Waals surface area contributed by atoms with E-state index in [0.29, 0.717) is 12.0 Å². The molecule has 0 unspecified atom stereocenters. The summed E-state index contributed by atoms with van der Waals surface area (Å²) in [4.78, 5) is 26.3. The van der Waals surface area contributed by atoms with Gasteiger partial charge in [0.05, 0.1) is 5.03 Å². The molecule has 1 aromatic heterocycles. The lowest BCUT2D eigenvalue weighted by atomic mass is 9.92. The predicted molar refractivity (Wildman–Crippen MR) is 83.3 cm³/mol. The van der Waals surface area contributed by atoms with Crippen molar-refractivity contribution in [2.24, 2.45) is 0 Å². The van der Waals surface area contributed by atoms with Crippen LogP contribution in [0.1, 0.15) is 28.4 Å². The van der Waals surface area contributed by atoms with Gasteiger partial charge < -0.3 is 10.1 Å². The van der Waals surface area contributed by atoms with Crippen LogP contribution < -0.4 is 5.56 Å². The molecular formula is C16H15NO3S. The number of carboxylic acid groups (broad SMARTS) is 1. The molecule has 0 radical (unpaired) electrons. The van der Waals surface area contributed by atoms with Crippen LogP contribution >= 0.6 is 11.8 Å². The standard InChI is InChI=1S/C16H15NO3S/c1-2-10-12-11-6-4-3-5-9(11)7-8-21-15(12)17-14(18)13(10)16(19)20/h3-6H,2,7-8H2,1H3,(H,17,18)(H,19,20). The van der Waals surface area contributed by atoms with Gasteiger partial charge in [-0.05, 0) is 29.5 Å². The zero-order chi connectivity index (χ0) is 15.0. The van der Waals surface area contributed by atoms with Gasteiger partial charge in [-0.25, -0.2) is 4.79 Å². The fourth-order valence-electron chi connectivity index (χ4n) is 2.85. The first-order chi connectivity index (χ1) is 10.1. The lowest BCUT2D eigenvalue weighted by Crippen LogP contribution is -2.22. The highest BCUT2D eigenvalue weighted by atomic mass is 32.2. The highest BCUT2D eigenvalue weighted by molar-refractivity contribution is 7.99. The molecule has 4 nitrogen and oxygen atoms in total. The van der Waals surface area contributed by atoms with Gasteiger partial charge in [-0.3, -0.25) is 4.79 Å². The van der Waals surface area contributed by atoms with Crippen molar-refractivity contribution in [1.82, 2.24) is 4.98 Å². The van der Waals surface area contributed by atoms with Crippen molar-refractivity contribution < 1.29 is 9.90 Å². The maximum Gasteiger partial charge on any atom is 0.341 e. The number of H-pyrrole nitrogens is 1. The van der Waals surface area contributed by atoms with Crippen LogP contribution in [0.4, 0.5) is 0 Å². The molecule has 0 saturated carbocycles.